The molecule has 1 atom stereocenters. The summed E-state index contributed by atoms with van der Waals surface area (Å²) in [5.74, 6) is 0.826. The van der Waals surface area contributed by atoms with E-state index < -0.39 is 5.60 Å². The summed E-state index contributed by atoms with van der Waals surface area (Å²) in [6.07, 6.45) is 0.586. The van der Waals surface area contributed by atoms with Gasteiger partial charge in [0.2, 0.25) is 0 Å². The van der Waals surface area contributed by atoms with Gasteiger partial charge in [0.1, 0.15) is 0 Å². The maximum absolute atomic E-state index is 11.6. The number of carbonyl (C=O) groups excluding carboxylic acids is 1. The number of ether oxygens (including phenoxy) is 1. The second kappa shape index (κ2) is 5.22. The normalized spacial score (nSPS) is 23.6. The van der Waals surface area contributed by atoms with E-state index in [4.69, 9.17) is 4.74 Å². The predicted molar refractivity (Wildman–Crippen MR) is 86.1 cm³/mol. The van der Waals surface area contributed by atoms with E-state index in [-0.39, 0.29) is 6.09 Å². The molecule has 4 rings (SSSR count). The Morgan fingerprint density at radius 1 is 1.09 bits per heavy atom. The first-order chi connectivity index (χ1) is 11.2. The van der Waals surface area contributed by atoms with E-state index in [1.807, 2.05) is 42.5 Å². The Balaban J connectivity index is 1.51. The first-order valence-corrected chi connectivity index (χ1v) is 7.73. The summed E-state index contributed by atoms with van der Waals surface area (Å²) in [5.41, 5.74) is 1.51. The van der Waals surface area contributed by atoms with Crippen LogP contribution in [0.25, 0.3) is 11.3 Å². The molecule has 118 valence electrons. The molecule has 0 unspecified atom stereocenters. The molecule has 2 saturated heterocycles. The van der Waals surface area contributed by atoms with Crippen LogP contribution in [-0.4, -0.2) is 53.5 Å². The molecule has 0 saturated carbocycles. The minimum absolute atomic E-state index is 0.239. The van der Waals surface area contributed by atoms with Gasteiger partial charge in [0.15, 0.2) is 11.4 Å². The molecule has 1 spiro atoms. The summed E-state index contributed by atoms with van der Waals surface area (Å²) < 4.78 is 5.56. The van der Waals surface area contributed by atoms with Gasteiger partial charge in [-0.3, -0.25) is 0 Å². The molecular formula is C17H18N4O2. The van der Waals surface area contributed by atoms with Crippen molar-refractivity contribution in [2.75, 3.05) is 31.6 Å². The lowest BCUT2D eigenvalue weighted by atomic mass is 10.0. The van der Waals surface area contributed by atoms with E-state index in [9.17, 15) is 4.79 Å². The van der Waals surface area contributed by atoms with Gasteiger partial charge in [0.25, 0.3) is 0 Å². The van der Waals surface area contributed by atoms with Crippen molar-refractivity contribution in [2.24, 2.45) is 0 Å². The van der Waals surface area contributed by atoms with Gasteiger partial charge in [-0.15, -0.1) is 10.2 Å². The van der Waals surface area contributed by atoms with Gasteiger partial charge in [-0.2, -0.15) is 0 Å². The molecule has 2 fully saturated rings. The van der Waals surface area contributed by atoms with Crippen LogP contribution >= 0.6 is 0 Å². The zero-order chi connectivity index (χ0) is 15.9. The highest BCUT2D eigenvalue weighted by Crippen LogP contribution is 2.33. The number of hydrogen-bond acceptors (Lipinski definition) is 5. The molecule has 6 nitrogen and oxygen atoms in total. The summed E-state index contributed by atoms with van der Waals surface area (Å²) in [5, 5.41) is 8.68. The second-order valence-corrected chi connectivity index (χ2v) is 6.22. The highest BCUT2D eigenvalue weighted by atomic mass is 16.6. The number of benzene rings is 1. The SMILES string of the molecule is CN1C[C@]2(CCN(c3ccc(-c4ccccc4)nn3)C2)OC1=O. The van der Waals surface area contributed by atoms with Crippen LogP contribution in [0, 0.1) is 0 Å². The quantitative estimate of drug-likeness (QED) is 0.851. The maximum atomic E-state index is 11.6. The number of nitrogens with zero attached hydrogens (tertiary/aromatic N) is 4. The molecule has 0 radical (unpaired) electrons. The third-order valence-electron chi connectivity index (χ3n) is 4.50. The fourth-order valence-electron chi connectivity index (χ4n) is 3.30. The molecule has 1 aromatic carbocycles. The number of likely N-dealkylation sites (N-methyl/N-ethyl adjacent to an activating group) is 1. The van der Waals surface area contributed by atoms with Crippen LogP contribution in [0.15, 0.2) is 42.5 Å². The highest BCUT2D eigenvalue weighted by Gasteiger charge is 2.48. The molecule has 2 aliphatic rings. The number of aromatic nitrogens is 2. The van der Waals surface area contributed by atoms with Crippen LogP contribution < -0.4 is 4.90 Å². The largest absolute Gasteiger partial charge is 0.439 e. The summed E-state index contributed by atoms with van der Waals surface area (Å²) in [7, 11) is 1.77. The van der Waals surface area contributed by atoms with Gasteiger partial charge >= 0.3 is 6.09 Å². The van der Waals surface area contributed by atoms with Gasteiger partial charge < -0.3 is 14.5 Å². The Bertz CT molecular complexity index is 719. The monoisotopic (exact) mass is 310 g/mol. The molecule has 3 heterocycles. The fourth-order valence-corrected chi connectivity index (χ4v) is 3.30. The van der Waals surface area contributed by atoms with Crippen LogP contribution in [0.1, 0.15) is 6.42 Å². The van der Waals surface area contributed by atoms with Gasteiger partial charge in [-0.1, -0.05) is 30.3 Å². The number of amides is 1. The van der Waals surface area contributed by atoms with Crippen molar-refractivity contribution in [3.05, 3.63) is 42.5 Å². The number of anilines is 1. The van der Waals surface area contributed by atoms with Crippen LogP contribution in [0.2, 0.25) is 0 Å². The van der Waals surface area contributed by atoms with Crippen molar-refractivity contribution in [2.45, 2.75) is 12.0 Å². The summed E-state index contributed by atoms with van der Waals surface area (Å²) in [4.78, 5) is 15.4. The molecule has 2 aromatic rings. The molecule has 6 heteroatoms. The van der Waals surface area contributed by atoms with Crippen molar-refractivity contribution in [1.29, 1.82) is 0 Å². The lowest BCUT2D eigenvalue weighted by molar-refractivity contribution is 0.0741. The Morgan fingerprint density at radius 3 is 2.57 bits per heavy atom. The molecule has 23 heavy (non-hydrogen) atoms. The third kappa shape index (κ3) is 2.50. The Kier molecular flexibility index (Phi) is 3.18. The summed E-state index contributed by atoms with van der Waals surface area (Å²) in [6, 6.07) is 13.9. The number of hydrogen-bond donors (Lipinski definition) is 0. The van der Waals surface area contributed by atoms with Crippen LogP contribution in [0.4, 0.5) is 10.6 Å². The lowest BCUT2D eigenvalue weighted by Gasteiger charge is -2.22. The smallest absolute Gasteiger partial charge is 0.410 e. The van der Waals surface area contributed by atoms with Gasteiger partial charge in [-0.25, -0.2) is 4.79 Å². The molecule has 0 N–H and O–H groups in total. The Labute approximate surface area is 134 Å². The minimum atomic E-state index is -0.397. The van der Waals surface area contributed by atoms with E-state index in [2.05, 4.69) is 15.1 Å². The topological polar surface area (TPSA) is 58.6 Å². The Morgan fingerprint density at radius 2 is 1.91 bits per heavy atom. The lowest BCUT2D eigenvalue weighted by Crippen LogP contribution is -2.37. The fraction of sp³-hybridized carbons (Fsp3) is 0.353. The second-order valence-electron chi connectivity index (χ2n) is 6.22. The van der Waals surface area contributed by atoms with E-state index in [0.717, 1.165) is 30.0 Å². The zero-order valence-electron chi connectivity index (χ0n) is 13.0. The average molecular weight is 310 g/mol. The van der Waals surface area contributed by atoms with Gasteiger partial charge in [0, 0.05) is 25.6 Å². The summed E-state index contributed by atoms with van der Waals surface area (Å²) in [6.45, 7) is 2.13. The maximum Gasteiger partial charge on any atom is 0.410 e. The van der Waals surface area contributed by atoms with Crippen LogP contribution in [-0.2, 0) is 4.74 Å². The van der Waals surface area contributed by atoms with Gasteiger partial charge in [0.05, 0.1) is 18.8 Å². The molecule has 1 aromatic heterocycles. The molecule has 0 aliphatic carbocycles. The van der Waals surface area contributed by atoms with Crippen molar-refractivity contribution in [3.8, 4) is 11.3 Å². The molecule has 1 amide bonds. The van der Waals surface area contributed by atoms with E-state index in [1.165, 1.54) is 0 Å². The molecule has 0 bridgehead atoms. The minimum Gasteiger partial charge on any atom is -0.439 e. The van der Waals surface area contributed by atoms with Crippen LogP contribution in [0.3, 0.4) is 0 Å². The number of carbonyl (C=O) groups is 1. The van der Waals surface area contributed by atoms with E-state index in [0.29, 0.717) is 13.1 Å². The molecular weight excluding hydrogens is 292 g/mol. The third-order valence-corrected chi connectivity index (χ3v) is 4.50. The predicted octanol–water partition coefficient (Wildman–Crippen LogP) is 2.17. The van der Waals surface area contributed by atoms with Gasteiger partial charge in [-0.05, 0) is 12.1 Å². The van der Waals surface area contributed by atoms with Crippen molar-refractivity contribution < 1.29 is 9.53 Å². The number of rotatable bonds is 2. The van der Waals surface area contributed by atoms with Crippen molar-refractivity contribution in [3.63, 3.8) is 0 Å². The zero-order valence-corrected chi connectivity index (χ0v) is 13.0. The van der Waals surface area contributed by atoms with E-state index >= 15 is 0 Å². The molecule has 2 aliphatic heterocycles. The first kappa shape index (κ1) is 14.0. The van der Waals surface area contributed by atoms with Crippen LogP contribution in [0.5, 0.6) is 0 Å². The standard InChI is InChI=1S/C17H18N4O2/c1-20-11-17(23-16(20)22)9-10-21(12-17)15-8-7-14(18-19-15)13-5-3-2-4-6-13/h2-8H,9-12H2,1H3/t17-/m0/s1. The van der Waals surface area contributed by atoms with E-state index in [1.54, 1.807) is 11.9 Å². The van der Waals surface area contributed by atoms with Crippen molar-refractivity contribution in [1.82, 2.24) is 15.1 Å². The first-order valence-electron chi connectivity index (χ1n) is 7.73. The average Bonchev–Trinajstić information content (AvgIpc) is 3.11. The Hall–Kier alpha value is -2.63. The summed E-state index contributed by atoms with van der Waals surface area (Å²) >= 11 is 0. The van der Waals surface area contributed by atoms with Crippen molar-refractivity contribution >= 4 is 11.9 Å². The highest BCUT2D eigenvalue weighted by molar-refractivity contribution is 5.70.